The van der Waals surface area contributed by atoms with Gasteiger partial charge in [-0.15, -0.1) is 0 Å². The number of thioether (sulfide) groups is 1. The Morgan fingerprint density at radius 1 is 1.44 bits per heavy atom. The lowest BCUT2D eigenvalue weighted by Gasteiger charge is -2.09. The second-order valence-corrected chi connectivity index (χ2v) is 4.50. The molecular weight excluding hydrogens is 226 g/mol. The summed E-state index contributed by atoms with van der Waals surface area (Å²) in [7, 11) is 1.99. The average Bonchev–Trinajstić information content (AvgIpc) is 2.65. The van der Waals surface area contributed by atoms with E-state index < -0.39 is 4.92 Å². The van der Waals surface area contributed by atoms with Gasteiger partial charge in [-0.25, -0.2) is 4.99 Å². The van der Waals surface area contributed by atoms with E-state index in [-0.39, 0.29) is 5.69 Å². The summed E-state index contributed by atoms with van der Waals surface area (Å²) in [4.78, 5) is 16.6. The summed E-state index contributed by atoms with van der Waals surface area (Å²) in [6.45, 7) is 0.997. The predicted octanol–water partition coefficient (Wildman–Crippen LogP) is 2.26. The largest absolute Gasteiger partial charge is 0.353 e. The van der Waals surface area contributed by atoms with Crippen LogP contribution in [0, 0.1) is 10.1 Å². The Labute approximate surface area is 97.3 Å². The molecule has 1 saturated heterocycles. The summed E-state index contributed by atoms with van der Waals surface area (Å²) in [6.07, 6.45) is 0. The summed E-state index contributed by atoms with van der Waals surface area (Å²) in [5, 5.41) is 11.4. The minimum Gasteiger partial charge on any atom is -0.353 e. The van der Waals surface area contributed by atoms with Crippen molar-refractivity contribution in [1.29, 1.82) is 0 Å². The molecule has 84 valence electrons. The van der Waals surface area contributed by atoms with Gasteiger partial charge in [-0.1, -0.05) is 11.8 Å². The summed E-state index contributed by atoms with van der Waals surface area (Å²) >= 11 is 1.70. The number of hydrogen-bond donors (Lipinski definition) is 0. The summed E-state index contributed by atoms with van der Waals surface area (Å²) in [5.74, 6) is 1.04. The summed E-state index contributed by atoms with van der Waals surface area (Å²) in [6, 6.07) is 6.27. The Morgan fingerprint density at radius 3 is 2.62 bits per heavy atom. The molecule has 2 rings (SSSR count). The first-order valence-corrected chi connectivity index (χ1v) is 5.82. The highest BCUT2D eigenvalue weighted by Gasteiger charge is 2.14. The normalized spacial score (nSPS) is 18.1. The Morgan fingerprint density at radius 2 is 2.12 bits per heavy atom. The molecule has 1 aromatic rings. The van der Waals surface area contributed by atoms with Gasteiger partial charge in [0.2, 0.25) is 0 Å². The number of nitro groups is 1. The van der Waals surface area contributed by atoms with Crippen molar-refractivity contribution in [1.82, 2.24) is 4.90 Å². The molecule has 0 N–H and O–H groups in total. The van der Waals surface area contributed by atoms with Crippen LogP contribution in [0.2, 0.25) is 0 Å². The van der Waals surface area contributed by atoms with Crippen molar-refractivity contribution >= 4 is 28.3 Å². The maximum absolute atomic E-state index is 10.5. The van der Waals surface area contributed by atoms with E-state index in [1.807, 2.05) is 7.05 Å². The second-order valence-electron chi connectivity index (χ2n) is 3.44. The quantitative estimate of drug-likeness (QED) is 0.584. The van der Waals surface area contributed by atoms with Crippen molar-refractivity contribution in [3.05, 3.63) is 34.4 Å². The molecule has 1 fully saturated rings. The maximum atomic E-state index is 10.5. The Hall–Kier alpha value is -1.56. The Bertz CT molecular complexity index is 430. The van der Waals surface area contributed by atoms with Gasteiger partial charge in [-0.3, -0.25) is 10.1 Å². The first-order valence-electron chi connectivity index (χ1n) is 4.84. The van der Waals surface area contributed by atoms with Crippen LogP contribution in [-0.2, 0) is 0 Å². The zero-order valence-corrected chi connectivity index (χ0v) is 9.61. The third kappa shape index (κ3) is 2.33. The molecule has 1 heterocycles. The van der Waals surface area contributed by atoms with E-state index >= 15 is 0 Å². The second kappa shape index (κ2) is 4.52. The maximum Gasteiger partial charge on any atom is 0.269 e. The van der Waals surface area contributed by atoms with Crippen molar-refractivity contribution < 1.29 is 4.92 Å². The highest BCUT2D eigenvalue weighted by Crippen LogP contribution is 2.23. The van der Waals surface area contributed by atoms with Gasteiger partial charge in [0.15, 0.2) is 5.17 Å². The number of non-ortho nitro benzene ring substituents is 1. The highest BCUT2D eigenvalue weighted by atomic mass is 32.2. The molecule has 1 aliphatic rings. The Kier molecular flexibility index (Phi) is 3.09. The molecule has 0 unspecified atom stereocenters. The first-order chi connectivity index (χ1) is 7.66. The molecule has 0 bridgehead atoms. The molecule has 1 aromatic carbocycles. The van der Waals surface area contributed by atoms with Crippen LogP contribution >= 0.6 is 11.8 Å². The monoisotopic (exact) mass is 237 g/mol. The van der Waals surface area contributed by atoms with E-state index in [1.165, 1.54) is 12.1 Å². The van der Waals surface area contributed by atoms with Crippen LogP contribution in [-0.4, -0.2) is 34.3 Å². The van der Waals surface area contributed by atoms with Gasteiger partial charge in [-0.05, 0) is 12.1 Å². The molecular formula is C10H11N3O2S. The van der Waals surface area contributed by atoms with Crippen LogP contribution < -0.4 is 0 Å². The van der Waals surface area contributed by atoms with E-state index in [0.29, 0.717) is 0 Å². The molecule has 0 atom stereocenters. The van der Waals surface area contributed by atoms with E-state index in [1.54, 1.807) is 23.9 Å². The number of rotatable bonds is 2. The number of nitro benzene ring substituents is 1. The van der Waals surface area contributed by atoms with Gasteiger partial charge in [0.1, 0.15) is 0 Å². The zero-order chi connectivity index (χ0) is 11.5. The van der Waals surface area contributed by atoms with E-state index in [0.717, 1.165) is 23.2 Å². The first kappa shape index (κ1) is 10.9. The minimum atomic E-state index is -0.409. The molecule has 5 nitrogen and oxygen atoms in total. The van der Waals surface area contributed by atoms with Gasteiger partial charge in [-0.2, -0.15) is 0 Å². The number of amidine groups is 1. The third-order valence-electron chi connectivity index (χ3n) is 2.27. The van der Waals surface area contributed by atoms with Crippen molar-refractivity contribution in [3.8, 4) is 0 Å². The molecule has 1 aliphatic heterocycles. The van der Waals surface area contributed by atoms with Gasteiger partial charge in [0, 0.05) is 31.5 Å². The minimum absolute atomic E-state index is 0.0939. The average molecular weight is 237 g/mol. The molecule has 0 aliphatic carbocycles. The number of hydrogen-bond acceptors (Lipinski definition) is 4. The Balaban J connectivity index is 2.19. The third-order valence-corrected chi connectivity index (χ3v) is 3.32. The fourth-order valence-corrected chi connectivity index (χ4v) is 2.39. The van der Waals surface area contributed by atoms with Crippen LogP contribution in [0.15, 0.2) is 29.3 Å². The number of nitrogens with zero attached hydrogens (tertiary/aromatic N) is 3. The molecule has 16 heavy (non-hydrogen) atoms. The molecule has 0 amide bonds. The SMILES string of the molecule is CN1CCSC1=Nc1ccc([N+](=O)[O-])cc1. The molecule has 0 aromatic heterocycles. The standard InChI is InChI=1S/C10H11N3O2S/c1-12-6-7-16-10(12)11-8-2-4-9(5-3-8)13(14)15/h2-5H,6-7H2,1H3. The van der Waals surface area contributed by atoms with Crippen LogP contribution in [0.1, 0.15) is 0 Å². The zero-order valence-electron chi connectivity index (χ0n) is 8.79. The lowest BCUT2D eigenvalue weighted by molar-refractivity contribution is -0.384. The molecule has 0 spiro atoms. The van der Waals surface area contributed by atoms with Crippen molar-refractivity contribution in [2.75, 3.05) is 19.3 Å². The van der Waals surface area contributed by atoms with Gasteiger partial charge < -0.3 is 4.90 Å². The fourth-order valence-electron chi connectivity index (χ4n) is 1.36. The number of aliphatic imine (C=N–C) groups is 1. The smallest absolute Gasteiger partial charge is 0.269 e. The van der Waals surface area contributed by atoms with Gasteiger partial charge in [0.25, 0.3) is 5.69 Å². The van der Waals surface area contributed by atoms with E-state index in [2.05, 4.69) is 9.89 Å². The van der Waals surface area contributed by atoms with E-state index in [9.17, 15) is 10.1 Å². The van der Waals surface area contributed by atoms with Crippen molar-refractivity contribution in [2.45, 2.75) is 0 Å². The summed E-state index contributed by atoms with van der Waals surface area (Å²) in [5.41, 5.74) is 0.846. The topological polar surface area (TPSA) is 58.7 Å². The van der Waals surface area contributed by atoms with Crippen LogP contribution in [0.3, 0.4) is 0 Å². The van der Waals surface area contributed by atoms with Crippen LogP contribution in [0.25, 0.3) is 0 Å². The molecule has 0 radical (unpaired) electrons. The number of benzene rings is 1. The highest BCUT2D eigenvalue weighted by molar-refractivity contribution is 8.14. The molecule has 0 saturated carbocycles. The van der Waals surface area contributed by atoms with Crippen LogP contribution in [0.5, 0.6) is 0 Å². The lowest BCUT2D eigenvalue weighted by atomic mass is 10.3. The lowest BCUT2D eigenvalue weighted by Crippen LogP contribution is -2.17. The molecule has 6 heteroatoms. The fraction of sp³-hybridized carbons (Fsp3) is 0.300. The van der Waals surface area contributed by atoms with Crippen LogP contribution in [0.4, 0.5) is 11.4 Å². The van der Waals surface area contributed by atoms with Gasteiger partial charge in [0.05, 0.1) is 10.6 Å². The summed E-state index contributed by atoms with van der Waals surface area (Å²) < 4.78 is 0. The van der Waals surface area contributed by atoms with E-state index in [4.69, 9.17) is 0 Å². The van der Waals surface area contributed by atoms with Gasteiger partial charge >= 0.3 is 0 Å². The van der Waals surface area contributed by atoms with Crippen molar-refractivity contribution in [3.63, 3.8) is 0 Å². The van der Waals surface area contributed by atoms with Crippen molar-refractivity contribution in [2.24, 2.45) is 4.99 Å². The predicted molar refractivity (Wildman–Crippen MR) is 65.3 cm³/mol.